The van der Waals surface area contributed by atoms with Crippen LogP contribution in [0.15, 0.2) is 0 Å². The molecule has 0 bridgehead atoms. The molecule has 0 aliphatic carbocycles. The lowest BCUT2D eigenvalue weighted by Gasteiger charge is -2.39. The molecular weight excluding hydrogens is 248 g/mol. The van der Waals surface area contributed by atoms with Gasteiger partial charge in [-0.15, -0.1) is 0 Å². The quantitative estimate of drug-likeness (QED) is 0.818. The molecule has 5 nitrogen and oxygen atoms in total. The van der Waals surface area contributed by atoms with E-state index < -0.39 is 30.3 Å². The molecule has 1 N–H and O–H groups in total. The lowest BCUT2D eigenvalue weighted by Crippen LogP contribution is -2.59. The monoisotopic (exact) mass is 267 g/mol. The predicted molar refractivity (Wildman–Crippen MR) is 59.6 cm³/mol. The van der Waals surface area contributed by atoms with E-state index in [0.29, 0.717) is 0 Å². The van der Waals surface area contributed by atoms with E-state index in [0.717, 1.165) is 4.90 Å². The van der Waals surface area contributed by atoms with Crippen molar-refractivity contribution in [3.05, 3.63) is 0 Å². The minimum Gasteiger partial charge on any atom is -0.444 e. The second-order valence-electron chi connectivity index (χ2n) is 5.18. The maximum Gasteiger partial charge on any atom is 0.410 e. The van der Waals surface area contributed by atoms with Crippen LogP contribution in [0.4, 0.5) is 13.6 Å². The Morgan fingerprint density at radius 3 is 2.61 bits per heavy atom. The Balaban J connectivity index is 2.80. The van der Waals surface area contributed by atoms with E-state index >= 15 is 0 Å². The van der Waals surface area contributed by atoms with Gasteiger partial charge in [-0.3, -0.25) is 4.90 Å². The zero-order valence-corrected chi connectivity index (χ0v) is 10.8. The molecule has 1 amide bonds. The van der Waals surface area contributed by atoms with Crippen molar-refractivity contribution in [2.24, 2.45) is 0 Å². The Bertz CT molecular complexity index is 304. The Morgan fingerprint density at radius 1 is 1.50 bits per heavy atom. The third-order valence-electron chi connectivity index (χ3n) is 2.45. The number of hydrogen-bond acceptors (Lipinski definition) is 4. The molecule has 18 heavy (non-hydrogen) atoms. The van der Waals surface area contributed by atoms with Crippen LogP contribution in [0, 0.1) is 0 Å². The number of aliphatic hydroxyl groups is 1. The summed E-state index contributed by atoms with van der Waals surface area (Å²) >= 11 is 0. The highest BCUT2D eigenvalue weighted by molar-refractivity contribution is 5.68. The topological polar surface area (TPSA) is 59.0 Å². The van der Waals surface area contributed by atoms with Crippen LogP contribution < -0.4 is 0 Å². The second kappa shape index (κ2) is 5.36. The molecule has 1 unspecified atom stereocenters. The maximum absolute atomic E-state index is 13.5. The van der Waals surface area contributed by atoms with E-state index in [1.165, 1.54) is 0 Å². The number of carbonyl (C=O) groups is 1. The fraction of sp³-hybridized carbons (Fsp3) is 0.909. The number of nitrogens with zero attached hydrogens (tertiary/aromatic N) is 1. The van der Waals surface area contributed by atoms with Gasteiger partial charge >= 0.3 is 6.09 Å². The molecule has 106 valence electrons. The highest BCUT2D eigenvalue weighted by Crippen LogP contribution is 2.26. The average Bonchev–Trinajstić information content (AvgIpc) is 2.27. The molecule has 7 heteroatoms. The predicted octanol–water partition coefficient (Wildman–Crippen LogP) is 1.25. The Labute approximate surface area is 105 Å². The first-order chi connectivity index (χ1) is 8.17. The maximum atomic E-state index is 13.5. The standard InChI is InChI=1S/C11H19F2NO4/c1-10(2,3)18-9(16)14-4-5-17-6-8(14)11(12,13)7-15/h8,15H,4-7H2,1-3H3. The Hall–Kier alpha value is -0.950. The molecule has 1 atom stereocenters. The van der Waals surface area contributed by atoms with Crippen molar-refractivity contribution < 1.29 is 28.2 Å². The zero-order chi connectivity index (χ0) is 14.0. The minimum atomic E-state index is -3.41. The lowest BCUT2D eigenvalue weighted by atomic mass is 10.1. The largest absolute Gasteiger partial charge is 0.444 e. The fourth-order valence-corrected chi connectivity index (χ4v) is 1.60. The normalized spacial score (nSPS) is 21.9. The van der Waals surface area contributed by atoms with E-state index in [-0.39, 0.29) is 19.8 Å². The van der Waals surface area contributed by atoms with E-state index in [1.807, 2.05) is 0 Å². The summed E-state index contributed by atoms with van der Waals surface area (Å²) in [6.45, 7) is 3.53. The molecule has 0 aromatic rings. The number of alkyl halides is 2. The third-order valence-corrected chi connectivity index (χ3v) is 2.45. The smallest absolute Gasteiger partial charge is 0.410 e. The molecule has 1 aliphatic heterocycles. The molecular formula is C11H19F2NO4. The Morgan fingerprint density at radius 2 is 2.11 bits per heavy atom. The summed E-state index contributed by atoms with van der Waals surface area (Å²) in [7, 11) is 0. The van der Waals surface area contributed by atoms with Crippen LogP contribution in [0.25, 0.3) is 0 Å². The fourth-order valence-electron chi connectivity index (χ4n) is 1.60. The number of halogens is 2. The average molecular weight is 267 g/mol. The molecule has 0 aromatic carbocycles. The summed E-state index contributed by atoms with van der Waals surface area (Å²) in [4.78, 5) is 12.7. The van der Waals surface area contributed by atoms with E-state index in [2.05, 4.69) is 0 Å². The third kappa shape index (κ3) is 3.78. The van der Waals surface area contributed by atoms with E-state index in [9.17, 15) is 13.6 Å². The van der Waals surface area contributed by atoms with Crippen LogP contribution in [0.5, 0.6) is 0 Å². The van der Waals surface area contributed by atoms with Crippen molar-refractivity contribution in [1.82, 2.24) is 4.90 Å². The molecule has 1 aliphatic rings. The summed E-state index contributed by atoms with van der Waals surface area (Å²) in [5.74, 6) is -3.41. The van der Waals surface area contributed by atoms with Crippen LogP contribution in [-0.2, 0) is 9.47 Å². The first-order valence-corrected chi connectivity index (χ1v) is 5.73. The van der Waals surface area contributed by atoms with Gasteiger partial charge in [-0.1, -0.05) is 0 Å². The van der Waals surface area contributed by atoms with Gasteiger partial charge in [0.25, 0.3) is 5.92 Å². The van der Waals surface area contributed by atoms with Gasteiger partial charge in [0, 0.05) is 6.54 Å². The molecule has 0 saturated carbocycles. The van der Waals surface area contributed by atoms with Crippen LogP contribution in [0.3, 0.4) is 0 Å². The van der Waals surface area contributed by atoms with Crippen molar-refractivity contribution in [1.29, 1.82) is 0 Å². The SMILES string of the molecule is CC(C)(C)OC(=O)N1CCOCC1C(F)(F)CO. The van der Waals surface area contributed by atoms with Gasteiger partial charge in [-0.2, -0.15) is 0 Å². The van der Waals surface area contributed by atoms with E-state index in [4.69, 9.17) is 14.6 Å². The van der Waals surface area contributed by atoms with Gasteiger partial charge in [-0.05, 0) is 20.8 Å². The summed E-state index contributed by atoms with van der Waals surface area (Å²) in [6.07, 6.45) is -0.816. The summed E-state index contributed by atoms with van der Waals surface area (Å²) in [5, 5.41) is 8.69. The van der Waals surface area contributed by atoms with Crippen molar-refractivity contribution in [3.8, 4) is 0 Å². The molecule has 1 heterocycles. The molecule has 1 fully saturated rings. The van der Waals surface area contributed by atoms with Crippen molar-refractivity contribution in [3.63, 3.8) is 0 Å². The van der Waals surface area contributed by atoms with Gasteiger partial charge in [0.2, 0.25) is 0 Å². The van der Waals surface area contributed by atoms with Gasteiger partial charge in [-0.25, -0.2) is 13.6 Å². The second-order valence-corrected chi connectivity index (χ2v) is 5.18. The number of carbonyl (C=O) groups excluding carboxylic acids is 1. The number of rotatable bonds is 2. The first-order valence-electron chi connectivity index (χ1n) is 5.73. The molecule has 1 saturated heterocycles. The molecule has 0 radical (unpaired) electrons. The highest BCUT2D eigenvalue weighted by atomic mass is 19.3. The first kappa shape index (κ1) is 15.1. The summed E-state index contributed by atoms with van der Waals surface area (Å²) in [5.41, 5.74) is -0.756. The molecule has 1 rings (SSSR count). The van der Waals surface area contributed by atoms with Crippen LogP contribution in [0.1, 0.15) is 20.8 Å². The highest BCUT2D eigenvalue weighted by Gasteiger charge is 2.47. The van der Waals surface area contributed by atoms with E-state index in [1.54, 1.807) is 20.8 Å². The number of ether oxygens (including phenoxy) is 2. The minimum absolute atomic E-state index is 0.0230. The van der Waals surface area contributed by atoms with Gasteiger partial charge in [0.05, 0.1) is 13.2 Å². The number of morpholine rings is 1. The number of aliphatic hydroxyl groups excluding tert-OH is 1. The molecule has 0 spiro atoms. The summed E-state index contributed by atoms with van der Waals surface area (Å²) < 4.78 is 37.0. The van der Waals surface area contributed by atoms with Gasteiger partial charge in [0.1, 0.15) is 18.2 Å². The van der Waals surface area contributed by atoms with Crippen LogP contribution in [-0.4, -0.2) is 60.0 Å². The van der Waals surface area contributed by atoms with Crippen molar-refractivity contribution in [2.45, 2.75) is 38.3 Å². The van der Waals surface area contributed by atoms with Crippen molar-refractivity contribution in [2.75, 3.05) is 26.4 Å². The number of amides is 1. The van der Waals surface area contributed by atoms with Crippen LogP contribution in [0.2, 0.25) is 0 Å². The number of hydrogen-bond donors (Lipinski definition) is 1. The zero-order valence-electron chi connectivity index (χ0n) is 10.8. The Kier molecular flexibility index (Phi) is 4.50. The van der Waals surface area contributed by atoms with Gasteiger partial charge < -0.3 is 14.6 Å². The van der Waals surface area contributed by atoms with Gasteiger partial charge in [0.15, 0.2) is 0 Å². The summed E-state index contributed by atoms with van der Waals surface area (Å²) in [6, 6.07) is -1.49. The van der Waals surface area contributed by atoms with Crippen molar-refractivity contribution >= 4 is 6.09 Å². The van der Waals surface area contributed by atoms with Crippen LogP contribution >= 0.6 is 0 Å². The molecule has 0 aromatic heterocycles. The lowest BCUT2D eigenvalue weighted by molar-refractivity contribution is -0.151.